The van der Waals surface area contributed by atoms with Gasteiger partial charge in [-0.2, -0.15) is 5.21 Å². The van der Waals surface area contributed by atoms with Crippen LogP contribution in [0.4, 0.5) is 0 Å². The highest BCUT2D eigenvalue weighted by Crippen LogP contribution is 2.33. The lowest BCUT2D eigenvalue weighted by Gasteiger charge is -2.47. The van der Waals surface area contributed by atoms with Gasteiger partial charge in [0.1, 0.15) is 0 Å². The maximum absolute atomic E-state index is 10.7. The number of piperidine rings is 2. The van der Waals surface area contributed by atoms with E-state index in [9.17, 15) is 5.11 Å². The lowest BCUT2D eigenvalue weighted by Crippen LogP contribution is -2.58. The zero-order valence-electron chi connectivity index (χ0n) is 13.1. The van der Waals surface area contributed by atoms with Gasteiger partial charge in [-0.1, -0.05) is 24.3 Å². The van der Waals surface area contributed by atoms with Crippen LogP contribution in [0, 0.1) is 5.92 Å². The van der Waals surface area contributed by atoms with Gasteiger partial charge in [-0.05, 0) is 30.2 Å². The van der Waals surface area contributed by atoms with Gasteiger partial charge in [0.05, 0.1) is 5.60 Å². The highest BCUT2D eigenvalue weighted by atomic mass is 16.3. The van der Waals surface area contributed by atoms with Crippen molar-refractivity contribution in [1.29, 1.82) is 0 Å². The molecule has 0 amide bonds. The molecule has 1 aromatic heterocycles. The first-order chi connectivity index (χ1) is 11.2. The predicted molar refractivity (Wildman–Crippen MR) is 85.4 cm³/mol. The van der Waals surface area contributed by atoms with E-state index < -0.39 is 5.60 Å². The van der Waals surface area contributed by atoms with Crippen molar-refractivity contribution in [3.63, 3.8) is 0 Å². The van der Waals surface area contributed by atoms with Crippen LogP contribution in [0.25, 0.3) is 11.4 Å². The Bertz CT molecular complexity index is 643. The Labute approximate surface area is 135 Å². The fourth-order valence-electron chi connectivity index (χ4n) is 3.74. The average Bonchev–Trinajstić information content (AvgIpc) is 3.10. The second-order valence-electron chi connectivity index (χ2n) is 6.67. The number of aromatic nitrogens is 4. The zero-order chi connectivity index (χ0) is 15.7. The summed E-state index contributed by atoms with van der Waals surface area (Å²) in [6, 6.07) is 8.29. The van der Waals surface area contributed by atoms with E-state index in [1.54, 1.807) is 0 Å². The number of fused-ring (bicyclic) bond motifs is 1. The van der Waals surface area contributed by atoms with Crippen LogP contribution >= 0.6 is 0 Å². The number of tetrazole rings is 1. The SMILES string of the molecule is O[C@]12CCNC[C@H]1CN(Cc1ccc(-c3nn[nH]n3)cc1)CC2. The van der Waals surface area contributed by atoms with Crippen LogP contribution in [-0.4, -0.2) is 62.4 Å². The molecule has 3 heterocycles. The van der Waals surface area contributed by atoms with E-state index in [0.29, 0.717) is 11.7 Å². The number of hydrogen-bond donors (Lipinski definition) is 3. The fourth-order valence-corrected chi connectivity index (χ4v) is 3.74. The molecule has 0 aliphatic carbocycles. The van der Waals surface area contributed by atoms with Gasteiger partial charge < -0.3 is 10.4 Å². The third-order valence-corrected chi connectivity index (χ3v) is 5.19. The minimum Gasteiger partial charge on any atom is -0.389 e. The monoisotopic (exact) mass is 314 g/mol. The zero-order valence-corrected chi connectivity index (χ0v) is 13.1. The molecule has 122 valence electrons. The van der Waals surface area contributed by atoms with Crippen LogP contribution in [-0.2, 0) is 6.54 Å². The van der Waals surface area contributed by atoms with E-state index in [0.717, 1.165) is 51.1 Å². The fraction of sp³-hybridized carbons (Fsp3) is 0.562. The molecule has 1 aromatic carbocycles. The molecular formula is C16H22N6O. The molecule has 2 aromatic rings. The molecule has 2 aliphatic rings. The molecule has 0 unspecified atom stereocenters. The number of nitrogens with one attached hydrogen (secondary N) is 2. The molecule has 2 fully saturated rings. The van der Waals surface area contributed by atoms with Crippen LogP contribution in [0.15, 0.2) is 24.3 Å². The van der Waals surface area contributed by atoms with Gasteiger partial charge in [-0.15, -0.1) is 10.2 Å². The van der Waals surface area contributed by atoms with Crippen LogP contribution in [0.2, 0.25) is 0 Å². The molecule has 0 saturated carbocycles. The van der Waals surface area contributed by atoms with E-state index >= 15 is 0 Å². The van der Waals surface area contributed by atoms with E-state index in [1.807, 2.05) is 12.1 Å². The summed E-state index contributed by atoms with van der Waals surface area (Å²) in [4.78, 5) is 2.44. The van der Waals surface area contributed by atoms with Crippen molar-refractivity contribution in [2.24, 2.45) is 5.92 Å². The number of aliphatic hydroxyl groups is 1. The number of benzene rings is 1. The maximum atomic E-state index is 10.7. The number of likely N-dealkylation sites (tertiary alicyclic amines) is 1. The topological polar surface area (TPSA) is 90.0 Å². The number of rotatable bonds is 3. The Kier molecular flexibility index (Phi) is 3.84. The molecular weight excluding hydrogens is 292 g/mol. The second-order valence-corrected chi connectivity index (χ2v) is 6.67. The number of H-pyrrole nitrogens is 1. The van der Waals surface area contributed by atoms with Gasteiger partial charge in [0.25, 0.3) is 0 Å². The van der Waals surface area contributed by atoms with Crippen LogP contribution in [0.1, 0.15) is 18.4 Å². The van der Waals surface area contributed by atoms with Gasteiger partial charge in [-0.3, -0.25) is 4.90 Å². The molecule has 0 bridgehead atoms. The summed E-state index contributed by atoms with van der Waals surface area (Å²) in [7, 11) is 0. The Morgan fingerprint density at radius 3 is 2.91 bits per heavy atom. The lowest BCUT2D eigenvalue weighted by atomic mass is 9.76. The van der Waals surface area contributed by atoms with Crippen LogP contribution in [0.5, 0.6) is 0 Å². The highest BCUT2D eigenvalue weighted by Gasteiger charge is 2.42. The summed E-state index contributed by atoms with van der Waals surface area (Å²) < 4.78 is 0. The largest absolute Gasteiger partial charge is 0.389 e. The molecule has 7 nitrogen and oxygen atoms in total. The normalized spacial score (nSPS) is 28.5. The Hall–Kier alpha value is -1.83. The third kappa shape index (κ3) is 2.99. The second kappa shape index (κ2) is 5.99. The van der Waals surface area contributed by atoms with Crippen molar-refractivity contribution in [3.8, 4) is 11.4 Å². The van der Waals surface area contributed by atoms with Crippen molar-refractivity contribution in [2.45, 2.75) is 25.0 Å². The summed E-state index contributed by atoms with van der Waals surface area (Å²) in [5.41, 5.74) is 1.78. The van der Waals surface area contributed by atoms with Crippen LogP contribution < -0.4 is 5.32 Å². The number of aromatic amines is 1. The summed E-state index contributed by atoms with van der Waals surface area (Å²) in [6.07, 6.45) is 1.76. The van der Waals surface area contributed by atoms with Crippen LogP contribution in [0.3, 0.4) is 0 Å². The molecule has 0 radical (unpaired) electrons. The minimum atomic E-state index is -0.454. The van der Waals surface area contributed by atoms with E-state index in [-0.39, 0.29) is 0 Å². The highest BCUT2D eigenvalue weighted by molar-refractivity contribution is 5.54. The number of nitrogens with zero attached hydrogens (tertiary/aromatic N) is 4. The Morgan fingerprint density at radius 1 is 1.26 bits per heavy atom. The van der Waals surface area contributed by atoms with Crippen molar-refractivity contribution in [1.82, 2.24) is 30.8 Å². The van der Waals surface area contributed by atoms with Gasteiger partial charge in [0.15, 0.2) is 0 Å². The number of hydrogen-bond acceptors (Lipinski definition) is 6. The summed E-state index contributed by atoms with van der Waals surface area (Å²) >= 11 is 0. The molecule has 23 heavy (non-hydrogen) atoms. The first-order valence-corrected chi connectivity index (χ1v) is 8.21. The molecule has 4 rings (SSSR count). The maximum Gasteiger partial charge on any atom is 0.204 e. The van der Waals surface area contributed by atoms with Crippen molar-refractivity contribution in [2.75, 3.05) is 26.2 Å². The molecule has 0 spiro atoms. The molecule has 7 heteroatoms. The van der Waals surface area contributed by atoms with Crippen molar-refractivity contribution >= 4 is 0 Å². The van der Waals surface area contributed by atoms with Gasteiger partial charge in [0, 0.05) is 37.7 Å². The Balaban J connectivity index is 1.40. The van der Waals surface area contributed by atoms with E-state index in [2.05, 4.69) is 43.0 Å². The standard InChI is InChI=1S/C16H22N6O/c23-16-5-7-17-9-14(16)11-22(8-6-16)10-12-1-3-13(4-2-12)15-18-20-21-19-15/h1-4,14,17,23H,5-11H2,(H,18,19,20,21)/t14-,16-/m0/s1. The first-order valence-electron chi connectivity index (χ1n) is 8.21. The smallest absolute Gasteiger partial charge is 0.204 e. The molecule has 2 saturated heterocycles. The molecule has 2 atom stereocenters. The lowest BCUT2D eigenvalue weighted by molar-refractivity contribution is -0.0899. The molecule has 2 aliphatic heterocycles. The quantitative estimate of drug-likeness (QED) is 0.760. The minimum absolute atomic E-state index is 0.337. The predicted octanol–water partition coefficient (Wildman–Crippen LogP) is 0.413. The van der Waals surface area contributed by atoms with Gasteiger partial charge in [-0.25, -0.2) is 0 Å². The molecule has 3 N–H and O–H groups in total. The van der Waals surface area contributed by atoms with Crippen molar-refractivity contribution < 1.29 is 5.11 Å². The van der Waals surface area contributed by atoms with Gasteiger partial charge in [0.2, 0.25) is 5.82 Å². The average molecular weight is 314 g/mol. The summed E-state index contributed by atoms with van der Waals surface area (Å²) in [5.74, 6) is 0.955. The van der Waals surface area contributed by atoms with Crippen molar-refractivity contribution in [3.05, 3.63) is 29.8 Å². The summed E-state index contributed by atoms with van der Waals surface area (Å²) in [5, 5.41) is 28.2. The Morgan fingerprint density at radius 2 is 2.13 bits per heavy atom. The van der Waals surface area contributed by atoms with E-state index in [4.69, 9.17) is 0 Å². The third-order valence-electron chi connectivity index (χ3n) is 5.19. The summed E-state index contributed by atoms with van der Waals surface area (Å²) in [6.45, 7) is 4.68. The first kappa shape index (κ1) is 14.7. The van der Waals surface area contributed by atoms with E-state index in [1.165, 1.54) is 5.56 Å². The van der Waals surface area contributed by atoms with Gasteiger partial charge >= 0.3 is 0 Å².